The molecule has 0 aromatic heterocycles. The van der Waals surface area contributed by atoms with Crippen molar-refractivity contribution in [2.75, 3.05) is 23.7 Å². The van der Waals surface area contributed by atoms with Gasteiger partial charge in [-0.25, -0.2) is 0 Å². The predicted octanol–water partition coefficient (Wildman–Crippen LogP) is 4.78. The number of fused-ring (bicyclic) bond motifs is 1. The fourth-order valence-corrected chi connectivity index (χ4v) is 3.21. The number of carboxylic acid groups (broad SMARTS) is 1. The van der Waals surface area contributed by atoms with E-state index in [0.29, 0.717) is 13.0 Å². The van der Waals surface area contributed by atoms with E-state index in [9.17, 15) is 9.59 Å². The second-order valence-corrected chi connectivity index (χ2v) is 7.02. The molecule has 1 aliphatic heterocycles. The molecule has 2 aromatic carbocycles. The van der Waals surface area contributed by atoms with Crippen molar-refractivity contribution in [2.24, 2.45) is 0 Å². The molecule has 3 rings (SSSR count). The molecule has 0 spiro atoms. The van der Waals surface area contributed by atoms with Gasteiger partial charge < -0.3 is 15.7 Å². The molecule has 2 aromatic rings. The zero-order valence-electron chi connectivity index (χ0n) is 14.0. The van der Waals surface area contributed by atoms with E-state index >= 15 is 0 Å². The van der Waals surface area contributed by atoms with Crippen LogP contribution in [0, 0.1) is 35.6 Å². The number of halogens is 2. The van der Waals surface area contributed by atoms with E-state index in [1.165, 1.54) is 0 Å². The van der Waals surface area contributed by atoms with E-state index in [1.54, 1.807) is 0 Å². The Hall–Kier alpha value is -0.665. The number of ketones is 1. The van der Waals surface area contributed by atoms with Crippen LogP contribution in [0.2, 0.25) is 0 Å². The van der Waals surface area contributed by atoms with E-state index in [1.807, 2.05) is 42.5 Å². The number of nitrogens with one attached hydrogen (secondary N) is 2. The molecule has 3 N–H and O–H groups in total. The first-order valence-electron chi connectivity index (χ1n) is 7.75. The molecule has 1 heterocycles. The van der Waals surface area contributed by atoms with Crippen molar-refractivity contribution in [1.82, 2.24) is 0 Å². The summed E-state index contributed by atoms with van der Waals surface area (Å²) in [6, 6.07) is 13.3. The molecule has 0 saturated carbocycles. The topological polar surface area (TPSA) is 78.4 Å². The molecule has 0 aliphatic carbocycles. The third-order valence-electron chi connectivity index (χ3n) is 3.50. The quantitative estimate of drug-likeness (QED) is 0.466. The Labute approximate surface area is 197 Å². The van der Waals surface area contributed by atoms with Crippen molar-refractivity contribution in [1.29, 1.82) is 0 Å². The molecule has 5 nitrogen and oxygen atoms in total. The second kappa shape index (κ2) is 11.9. The summed E-state index contributed by atoms with van der Waals surface area (Å²) in [4.78, 5) is 21.6. The number of hydrogen-bond acceptors (Lipinski definition) is 4. The average Bonchev–Trinajstić information content (AvgIpc) is 2.58. The molecule has 1 radical (unpaired) electrons. The van der Waals surface area contributed by atoms with Gasteiger partial charge in [0.1, 0.15) is 0 Å². The Morgan fingerprint density at radius 3 is 2.46 bits per heavy atom. The fourth-order valence-electron chi connectivity index (χ4n) is 2.28. The number of hydrogen-bond donors (Lipinski definition) is 3. The predicted molar refractivity (Wildman–Crippen MR) is 106 cm³/mol. The van der Waals surface area contributed by atoms with Gasteiger partial charge in [0.25, 0.3) is 0 Å². The smallest absolute Gasteiger partial charge is 0.305 e. The number of para-hydroxylation sites is 2. The van der Waals surface area contributed by atoms with E-state index in [4.69, 9.17) is 5.11 Å². The summed E-state index contributed by atoms with van der Waals surface area (Å²) in [5.41, 5.74) is 2.66. The van der Waals surface area contributed by atoms with Gasteiger partial charge in [-0.2, -0.15) is 0 Å². The van der Waals surface area contributed by atoms with Crippen LogP contribution in [0.3, 0.4) is 0 Å². The van der Waals surface area contributed by atoms with E-state index < -0.39 is 5.97 Å². The van der Waals surface area contributed by atoms with Gasteiger partial charge in [-0.05, 0) is 56.1 Å². The Morgan fingerprint density at radius 2 is 1.81 bits per heavy atom. The van der Waals surface area contributed by atoms with Crippen LogP contribution in [0.5, 0.6) is 0 Å². The van der Waals surface area contributed by atoms with Gasteiger partial charge >= 0.3 is 5.97 Å². The third-order valence-corrected chi connectivity index (χ3v) is 4.85. The number of carbonyl (C=O) groups is 2. The number of aliphatic carboxylic acids is 1. The van der Waals surface area contributed by atoms with Gasteiger partial charge in [0, 0.05) is 75.3 Å². The number of carbonyl (C=O) groups excluding carboxylic acids is 1. The summed E-state index contributed by atoms with van der Waals surface area (Å²) < 4.78 is 1.91. The van der Waals surface area contributed by atoms with Crippen molar-refractivity contribution < 1.29 is 50.3 Å². The van der Waals surface area contributed by atoms with Gasteiger partial charge in [0.15, 0.2) is 5.78 Å². The maximum atomic E-state index is 11.4. The summed E-state index contributed by atoms with van der Waals surface area (Å²) in [7, 11) is 0. The van der Waals surface area contributed by atoms with Gasteiger partial charge in [-0.3, -0.25) is 9.59 Å². The minimum absolute atomic E-state index is 0. The monoisotopic (exact) mass is 607 g/mol. The maximum absolute atomic E-state index is 11.4. The molecule has 26 heavy (non-hydrogen) atoms. The summed E-state index contributed by atoms with van der Waals surface area (Å²) in [6.07, 6.45) is 0.727. The van der Waals surface area contributed by atoms with Crippen molar-refractivity contribution >= 4 is 55.0 Å². The second-order valence-electron chi connectivity index (χ2n) is 5.31. The van der Waals surface area contributed by atoms with Crippen molar-refractivity contribution in [3.63, 3.8) is 0 Å². The Kier molecular flexibility index (Phi) is 10.7. The Balaban J connectivity index is 0.000000251. The molecule has 0 atom stereocenters. The first kappa shape index (κ1) is 23.4. The van der Waals surface area contributed by atoms with Crippen LogP contribution in [0.4, 0.5) is 11.4 Å². The largest absolute Gasteiger partial charge is 0.481 e. The zero-order chi connectivity index (χ0) is 18.2. The van der Waals surface area contributed by atoms with Crippen molar-refractivity contribution in [3.05, 3.63) is 57.0 Å². The molecule has 1 aliphatic rings. The molecular formula is C18H18Br2LaN2O3. The number of carboxylic acids is 1. The molecule has 0 amide bonds. The van der Waals surface area contributed by atoms with Crippen molar-refractivity contribution in [3.8, 4) is 0 Å². The first-order valence-corrected chi connectivity index (χ1v) is 9.33. The first-order chi connectivity index (χ1) is 12.0. The number of benzene rings is 2. The number of rotatable bonds is 4. The van der Waals surface area contributed by atoms with Crippen LogP contribution in [-0.2, 0) is 4.79 Å². The molecule has 0 fully saturated rings. The zero-order valence-corrected chi connectivity index (χ0v) is 20.8. The van der Waals surface area contributed by atoms with Crippen LogP contribution in [0.15, 0.2) is 51.4 Å². The van der Waals surface area contributed by atoms with E-state index in [0.717, 1.165) is 32.4 Å². The molecule has 0 bridgehead atoms. The molecule has 0 saturated heterocycles. The maximum Gasteiger partial charge on any atom is 0.305 e. The Morgan fingerprint density at radius 1 is 1.12 bits per heavy atom. The summed E-state index contributed by atoms with van der Waals surface area (Å²) in [5.74, 6) is -0.565. The van der Waals surface area contributed by atoms with Crippen molar-refractivity contribution in [2.45, 2.75) is 12.8 Å². The average molecular weight is 609 g/mol. The molecular weight excluding hydrogens is 591 g/mol. The minimum atomic E-state index is -0.792. The summed E-state index contributed by atoms with van der Waals surface area (Å²) in [5, 5.41) is 14.6. The number of anilines is 2. The standard InChI is InChI=1S/C9H10BrNO2.C9H8BrNO.La/c10-7-3-1-2-4-8(7)11-6-5-9(12)13;10-7-3-1-2-6-8(12)4-5-11-9(6)7;/h1-4,11H,5-6H2,(H,12,13);1-3,11H,4-5H2;. The molecule has 0 unspecified atom stereocenters. The van der Waals surface area contributed by atoms with E-state index in [-0.39, 0.29) is 47.8 Å². The third kappa shape index (κ3) is 7.15. The molecule has 8 heteroatoms. The van der Waals surface area contributed by atoms with Crippen LogP contribution in [-0.4, -0.2) is 29.9 Å². The van der Waals surface area contributed by atoms with Crippen LogP contribution in [0.25, 0.3) is 0 Å². The Bertz CT molecular complexity index is 772. The van der Waals surface area contributed by atoms with Gasteiger partial charge in [0.2, 0.25) is 0 Å². The summed E-state index contributed by atoms with van der Waals surface area (Å²) in [6.45, 7) is 1.19. The van der Waals surface area contributed by atoms with E-state index in [2.05, 4.69) is 42.5 Å². The fraction of sp³-hybridized carbons (Fsp3) is 0.222. The minimum Gasteiger partial charge on any atom is -0.481 e. The number of Topliss-reactive ketones (excluding diaryl/α,β-unsaturated/α-hetero) is 1. The van der Waals surface area contributed by atoms with Crippen LogP contribution in [0.1, 0.15) is 23.2 Å². The van der Waals surface area contributed by atoms with Crippen LogP contribution >= 0.6 is 31.9 Å². The summed E-state index contributed by atoms with van der Waals surface area (Å²) >= 11 is 6.75. The van der Waals surface area contributed by atoms with Gasteiger partial charge in [-0.1, -0.05) is 18.2 Å². The SMILES string of the molecule is O=C(O)CCNc1ccccc1Br.O=C1CCNc2c(Br)cccc21.[La]. The van der Waals surface area contributed by atoms with Crippen LogP contribution < -0.4 is 10.6 Å². The molecule has 135 valence electrons. The van der Waals surface area contributed by atoms with Gasteiger partial charge in [0.05, 0.1) is 12.1 Å². The normalized spacial score (nSPS) is 11.8. The van der Waals surface area contributed by atoms with Gasteiger partial charge in [-0.15, -0.1) is 0 Å².